The summed E-state index contributed by atoms with van der Waals surface area (Å²) in [6.07, 6.45) is -4.98. The predicted molar refractivity (Wildman–Crippen MR) is 59.2 cm³/mol. The Morgan fingerprint density at radius 1 is 1.53 bits per heavy atom. The summed E-state index contributed by atoms with van der Waals surface area (Å²) in [5.41, 5.74) is 0.715. The van der Waals surface area contributed by atoms with Gasteiger partial charge < -0.3 is 5.32 Å². The summed E-state index contributed by atoms with van der Waals surface area (Å²) < 4.78 is 37.7. The molecule has 1 heterocycles. The van der Waals surface area contributed by atoms with Crippen LogP contribution in [0.5, 0.6) is 0 Å². The van der Waals surface area contributed by atoms with E-state index in [-0.39, 0.29) is 0 Å². The Labute approximate surface area is 98.8 Å². The van der Waals surface area contributed by atoms with Crippen molar-refractivity contribution < 1.29 is 13.2 Å². The fourth-order valence-electron chi connectivity index (χ4n) is 1.40. The predicted octanol–water partition coefficient (Wildman–Crippen LogP) is 4.03. The molecule has 0 saturated carbocycles. The number of hydrogen-bond acceptors (Lipinski definition) is 2. The van der Waals surface area contributed by atoms with Gasteiger partial charge in [0.25, 0.3) is 0 Å². The number of hydrogen-bond donors (Lipinski definition) is 1. The second kappa shape index (κ2) is 4.84. The minimum absolute atomic E-state index is 0.660. The van der Waals surface area contributed by atoms with Crippen molar-refractivity contribution in [3.63, 3.8) is 0 Å². The van der Waals surface area contributed by atoms with Crippen molar-refractivity contribution in [1.29, 1.82) is 0 Å². The molecule has 0 bridgehead atoms. The molecule has 0 aliphatic rings. The van der Waals surface area contributed by atoms with E-state index < -0.39 is 18.6 Å². The van der Waals surface area contributed by atoms with Gasteiger partial charge in [-0.25, -0.2) is 0 Å². The zero-order valence-electron chi connectivity index (χ0n) is 8.28. The van der Waals surface area contributed by atoms with Gasteiger partial charge in [0.1, 0.15) is 0 Å². The van der Waals surface area contributed by atoms with Crippen LogP contribution >= 0.6 is 27.3 Å². The lowest BCUT2D eigenvalue weighted by Crippen LogP contribution is -2.23. The van der Waals surface area contributed by atoms with Crippen LogP contribution in [-0.2, 0) is 0 Å². The third-order valence-corrected chi connectivity index (χ3v) is 3.65. The van der Waals surface area contributed by atoms with Crippen LogP contribution in [0.4, 0.5) is 13.2 Å². The average Bonchev–Trinajstić information content (AvgIpc) is 2.39. The van der Waals surface area contributed by atoms with Crippen LogP contribution < -0.4 is 5.32 Å². The lowest BCUT2D eigenvalue weighted by molar-refractivity contribution is -0.140. The monoisotopic (exact) mass is 301 g/mol. The van der Waals surface area contributed by atoms with Crippen molar-refractivity contribution in [2.24, 2.45) is 0 Å². The molecule has 86 valence electrons. The maximum atomic E-state index is 12.3. The molecule has 0 aliphatic heterocycles. The van der Waals surface area contributed by atoms with E-state index in [4.69, 9.17) is 0 Å². The van der Waals surface area contributed by atoms with Crippen LogP contribution in [0.1, 0.15) is 22.9 Å². The zero-order chi connectivity index (χ0) is 11.6. The first-order valence-electron chi connectivity index (χ1n) is 4.33. The summed E-state index contributed by atoms with van der Waals surface area (Å²) >= 11 is 4.72. The normalized spacial score (nSPS) is 14.3. The molecule has 1 unspecified atom stereocenters. The summed E-state index contributed by atoms with van der Waals surface area (Å²) in [5.74, 6) is 0. The van der Waals surface area contributed by atoms with Gasteiger partial charge in [-0.3, -0.25) is 0 Å². The van der Waals surface area contributed by atoms with Gasteiger partial charge in [-0.1, -0.05) is 0 Å². The average molecular weight is 302 g/mol. The van der Waals surface area contributed by atoms with E-state index in [1.165, 1.54) is 11.3 Å². The molecular formula is C9H11BrF3NS. The highest BCUT2D eigenvalue weighted by Crippen LogP contribution is 2.35. The van der Waals surface area contributed by atoms with E-state index in [0.29, 0.717) is 5.56 Å². The fourth-order valence-corrected chi connectivity index (χ4v) is 3.18. The molecule has 15 heavy (non-hydrogen) atoms. The quantitative estimate of drug-likeness (QED) is 0.889. The number of rotatable bonds is 3. The molecule has 0 amide bonds. The number of nitrogens with one attached hydrogen (secondary N) is 1. The third kappa shape index (κ3) is 3.77. The molecule has 0 radical (unpaired) electrons. The lowest BCUT2D eigenvalue weighted by atomic mass is 10.1. The molecule has 6 heteroatoms. The van der Waals surface area contributed by atoms with Crippen molar-refractivity contribution in [2.45, 2.75) is 25.6 Å². The van der Waals surface area contributed by atoms with Crippen molar-refractivity contribution in [2.75, 3.05) is 7.05 Å². The van der Waals surface area contributed by atoms with Crippen LogP contribution in [0, 0.1) is 6.92 Å². The van der Waals surface area contributed by atoms with Gasteiger partial charge in [-0.05, 0) is 41.5 Å². The summed E-state index contributed by atoms with van der Waals surface area (Å²) in [4.78, 5) is 0.908. The lowest BCUT2D eigenvalue weighted by Gasteiger charge is -2.17. The van der Waals surface area contributed by atoms with Gasteiger partial charge in [0.2, 0.25) is 0 Å². The van der Waals surface area contributed by atoms with Crippen LogP contribution in [0.2, 0.25) is 0 Å². The van der Waals surface area contributed by atoms with Crippen LogP contribution in [0.15, 0.2) is 9.85 Å². The van der Waals surface area contributed by atoms with Gasteiger partial charge >= 0.3 is 6.18 Å². The maximum Gasteiger partial charge on any atom is 0.390 e. The van der Waals surface area contributed by atoms with Gasteiger partial charge in [0.05, 0.1) is 10.2 Å². The summed E-state index contributed by atoms with van der Waals surface area (Å²) in [6.45, 7) is 1.82. The third-order valence-electron chi connectivity index (χ3n) is 2.09. The van der Waals surface area contributed by atoms with E-state index in [1.54, 1.807) is 13.1 Å². The molecule has 0 saturated heterocycles. The Morgan fingerprint density at radius 2 is 2.13 bits per heavy atom. The van der Waals surface area contributed by atoms with E-state index >= 15 is 0 Å². The topological polar surface area (TPSA) is 12.0 Å². The Balaban J connectivity index is 2.88. The summed E-state index contributed by atoms with van der Waals surface area (Å²) in [7, 11) is 1.54. The SMILES string of the molecule is CNC(CC(F)(F)F)c1cc(Br)sc1C. The Bertz CT molecular complexity index is 335. The van der Waals surface area contributed by atoms with Gasteiger partial charge in [0.15, 0.2) is 0 Å². The van der Waals surface area contributed by atoms with Crippen molar-refractivity contribution >= 4 is 27.3 Å². The van der Waals surface area contributed by atoms with E-state index in [1.807, 2.05) is 6.92 Å². The van der Waals surface area contributed by atoms with Crippen LogP contribution in [-0.4, -0.2) is 13.2 Å². The fraction of sp³-hybridized carbons (Fsp3) is 0.556. The number of alkyl halides is 3. The second-order valence-electron chi connectivity index (χ2n) is 3.22. The highest BCUT2D eigenvalue weighted by Gasteiger charge is 2.32. The summed E-state index contributed by atoms with van der Waals surface area (Å²) in [6, 6.07) is 1.08. The van der Waals surface area contributed by atoms with Gasteiger partial charge in [-0.2, -0.15) is 13.2 Å². The highest BCUT2D eigenvalue weighted by molar-refractivity contribution is 9.11. The molecule has 1 rings (SSSR count). The van der Waals surface area contributed by atoms with E-state index in [2.05, 4.69) is 21.2 Å². The molecule has 1 aromatic rings. The molecular weight excluding hydrogens is 291 g/mol. The molecule has 1 nitrogen and oxygen atoms in total. The highest BCUT2D eigenvalue weighted by atomic mass is 79.9. The van der Waals surface area contributed by atoms with Crippen molar-refractivity contribution in [1.82, 2.24) is 5.32 Å². The summed E-state index contributed by atoms with van der Waals surface area (Å²) in [5, 5.41) is 2.69. The number of thiophene rings is 1. The number of aryl methyl sites for hydroxylation is 1. The van der Waals surface area contributed by atoms with Crippen LogP contribution in [0.3, 0.4) is 0 Å². The molecule has 1 atom stereocenters. The molecule has 1 N–H and O–H groups in total. The van der Waals surface area contributed by atoms with Gasteiger partial charge in [-0.15, -0.1) is 11.3 Å². The zero-order valence-corrected chi connectivity index (χ0v) is 10.7. The molecule has 1 aromatic heterocycles. The largest absolute Gasteiger partial charge is 0.390 e. The Morgan fingerprint density at radius 3 is 2.47 bits per heavy atom. The number of halogens is 4. The van der Waals surface area contributed by atoms with Crippen molar-refractivity contribution in [3.05, 3.63) is 20.3 Å². The Kier molecular flexibility index (Phi) is 4.20. The Hall–Kier alpha value is -0.0700. The minimum Gasteiger partial charge on any atom is -0.313 e. The van der Waals surface area contributed by atoms with Crippen LogP contribution in [0.25, 0.3) is 0 Å². The minimum atomic E-state index is -4.14. The van der Waals surface area contributed by atoms with E-state index in [9.17, 15) is 13.2 Å². The smallest absolute Gasteiger partial charge is 0.313 e. The first-order valence-corrected chi connectivity index (χ1v) is 5.94. The molecule has 0 fully saturated rings. The molecule has 0 spiro atoms. The first-order chi connectivity index (χ1) is 6.83. The van der Waals surface area contributed by atoms with Crippen molar-refractivity contribution in [3.8, 4) is 0 Å². The second-order valence-corrected chi connectivity index (χ2v) is 5.86. The van der Waals surface area contributed by atoms with E-state index in [0.717, 1.165) is 8.66 Å². The van der Waals surface area contributed by atoms with Gasteiger partial charge in [0, 0.05) is 10.9 Å². The molecule has 0 aliphatic carbocycles. The molecule has 0 aromatic carbocycles. The standard InChI is InChI=1S/C9H11BrF3NS/c1-5-6(3-8(10)15-5)7(14-2)4-9(11,12)13/h3,7,14H,4H2,1-2H3. The first kappa shape index (κ1) is 13.0. The maximum absolute atomic E-state index is 12.3.